The summed E-state index contributed by atoms with van der Waals surface area (Å²) < 4.78 is 7.04. The maximum atomic E-state index is 12.9. The van der Waals surface area contributed by atoms with E-state index >= 15 is 0 Å². The molecule has 9 heteroatoms. The van der Waals surface area contributed by atoms with E-state index in [1.165, 1.54) is 10.9 Å². The lowest BCUT2D eigenvalue weighted by Crippen LogP contribution is -2.47. The highest BCUT2D eigenvalue weighted by Gasteiger charge is 2.31. The van der Waals surface area contributed by atoms with Crippen molar-refractivity contribution in [2.45, 2.75) is 31.3 Å². The standard InChI is InChI=1S/C25H26N4O5/c1-3-21(24(31)32)27-23(30)22(15-12-26-29(2)13-15)28-25(33)34-14-20-18-10-6-4-8-16(18)17-9-5-7-11-19(17)20/h4-13,20-22H,3,14H2,1-2H3,(H,27,30)(H,28,33)(H,31,32). The number of ether oxygens (including phenoxy) is 1. The summed E-state index contributed by atoms with van der Waals surface area (Å²) in [5.41, 5.74) is 4.78. The Hall–Kier alpha value is -4.14. The summed E-state index contributed by atoms with van der Waals surface area (Å²) in [6.45, 7) is 1.74. The van der Waals surface area contributed by atoms with Crippen LogP contribution >= 0.6 is 0 Å². The number of nitrogens with one attached hydrogen (secondary N) is 2. The molecule has 3 aromatic rings. The molecule has 3 N–H and O–H groups in total. The number of carboxylic acids is 1. The Balaban J connectivity index is 1.48. The maximum Gasteiger partial charge on any atom is 0.408 e. The van der Waals surface area contributed by atoms with Crippen LogP contribution in [0, 0.1) is 0 Å². The van der Waals surface area contributed by atoms with Gasteiger partial charge in [0.05, 0.1) is 6.20 Å². The molecule has 0 aliphatic heterocycles. The minimum atomic E-state index is -1.15. The first-order valence-electron chi connectivity index (χ1n) is 11.0. The summed E-state index contributed by atoms with van der Waals surface area (Å²) in [5, 5.41) is 18.4. The van der Waals surface area contributed by atoms with Gasteiger partial charge in [-0.3, -0.25) is 9.48 Å². The first-order chi connectivity index (χ1) is 16.4. The number of rotatable bonds is 8. The number of benzene rings is 2. The number of hydrogen-bond acceptors (Lipinski definition) is 5. The van der Waals surface area contributed by atoms with E-state index in [0.29, 0.717) is 5.56 Å². The number of carboxylic acid groups (broad SMARTS) is 1. The predicted molar refractivity (Wildman–Crippen MR) is 124 cm³/mol. The summed E-state index contributed by atoms with van der Waals surface area (Å²) in [5.74, 6) is -1.93. The molecule has 34 heavy (non-hydrogen) atoms. The number of alkyl carbamates (subject to hydrolysis) is 1. The molecule has 0 bridgehead atoms. The topological polar surface area (TPSA) is 123 Å². The summed E-state index contributed by atoms with van der Waals surface area (Å²) in [6.07, 6.45) is 2.44. The molecular formula is C25H26N4O5. The molecular weight excluding hydrogens is 436 g/mol. The predicted octanol–water partition coefficient (Wildman–Crippen LogP) is 2.98. The Kier molecular flexibility index (Phi) is 6.62. The molecule has 2 aromatic carbocycles. The Morgan fingerprint density at radius 2 is 1.68 bits per heavy atom. The summed E-state index contributed by atoms with van der Waals surface area (Å²) >= 11 is 0. The van der Waals surface area contributed by atoms with Crippen molar-refractivity contribution in [3.05, 3.63) is 77.6 Å². The monoisotopic (exact) mass is 462 g/mol. The fourth-order valence-corrected chi connectivity index (χ4v) is 4.24. The van der Waals surface area contributed by atoms with Crippen molar-refractivity contribution in [2.24, 2.45) is 7.05 Å². The highest BCUT2D eigenvalue weighted by Crippen LogP contribution is 2.44. The van der Waals surface area contributed by atoms with Gasteiger partial charge in [-0.05, 0) is 28.7 Å². The molecule has 176 valence electrons. The second-order valence-corrected chi connectivity index (χ2v) is 8.16. The van der Waals surface area contributed by atoms with Crippen LogP contribution < -0.4 is 10.6 Å². The fourth-order valence-electron chi connectivity index (χ4n) is 4.24. The van der Waals surface area contributed by atoms with E-state index in [1.54, 1.807) is 20.2 Å². The lowest BCUT2D eigenvalue weighted by molar-refractivity contribution is -0.142. The van der Waals surface area contributed by atoms with Crippen LogP contribution in [-0.4, -0.2) is 45.5 Å². The SMILES string of the molecule is CCC(NC(=O)C(NC(=O)OCC1c2ccccc2-c2ccccc21)c1cnn(C)c1)C(=O)O. The van der Waals surface area contributed by atoms with Gasteiger partial charge in [0.1, 0.15) is 18.7 Å². The van der Waals surface area contributed by atoms with Crippen LogP contribution in [0.1, 0.15) is 42.0 Å². The molecule has 0 saturated heterocycles. The molecule has 2 amide bonds. The van der Waals surface area contributed by atoms with Gasteiger partial charge < -0.3 is 20.5 Å². The minimum absolute atomic E-state index is 0.0912. The molecule has 0 saturated carbocycles. The zero-order valence-electron chi connectivity index (χ0n) is 18.9. The Morgan fingerprint density at radius 1 is 1.06 bits per heavy atom. The minimum Gasteiger partial charge on any atom is -0.480 e. The second-order valence-electron chi connectivity index (χ2n) is 8.16. The number of aliphatic carboxylic acids is 1. The zero-order chi connectivity index (χ0) is 24.2. The van der Waals surface area contributed by atoms with Gasteiger partial charge in [0.25, 0.3) is 0 Å². The van der Waals surface area contributed by atoms with Gasteiger partial charge in [0.15, 0.2) is 0 Å². The van der Waals surface area contributed by atoms with Crippen molar-refractivity contribution in [2.75, 3.05) is 6.61 Å². The molecule has 1 aromatic heterocycles. The van der Waals surface area contributed by atoms with E-state index < -0.39 is 30.1 Å². The van der Waals surface area contributed by atoms with Crippen LogP contribution in [0.4, 0.5) is 4.79 Å². The molecule has 0 spiro atoms. The molecule has 1 heterocycles. The number of aromatic nitrogens is 2. The highest BCUT2D eigenvalue weighted by molar-refractivity contribution is 5.90. The van der Waals surface area contributed by atoms with Crippen molar-refractivity contribution in [1.82, 2.24) is 20.4 Å². The van der Waals surface area contributed by atoms with Gasteiger partial charge in [-0.25, -0.2) is 9.59 Å². The quantitative estimate of drug-likeness (QED) is 0.473. The summed E-state index contributed by atoms with van der Waals surface area (Å²) in [7, 11) is 1.68. The van der Waals surface area contributed by atoms with E-state index in [0.717, 1.165) is 22.3 Å². The van der Waals surface area contributed by atoms with Crippen molar-refractivity contribution < 1.29 is 24.2 Å². The van der Waals surface area contributed by atoms with E-state index in [1.807, 2.05) is 48.5 Å². The number of aryl methyl sites for hydroxylation is 1. The average molecular weight is 463 g/mol. The Labute approximate surface area is 196 Å². The van der Waals surface area contributed by atoms with E-state index in [9.17, 15) is 19.5 Å². The fraction of sp³-hybridized carbons (Fsp3) is 0.280. The van der Waals surface area contributed by atoms with Crippen LogP contribution in [0.3, 0.4) is 0 Å². The zero-order valence-corrected chi connectivity index (χ0v) is 18.9. The van der Waals surface area contributed by atoms with Crippen LogP contribution in [0.5, 0.6) is 0 Å². The molecule has 9 nitrogen and oxygen atoms in total. The van der Waals surface area contributed by atoms with Crippen LogP contribution in [0.2, 0.25) is 0 Å². The number of nitrogens with zero attached hydrogens (tertiary/aromatic N) is 2. The van der Waals surface area contributed by atoms with E-state index in [-0.39, 0.29) is 18.9 Å². The maximum absolute atomic E-state index is 12.9. The van der Waals surface area contributed by atoms with Crippen LogP contribution in [0.25, 0.3) is 11.1 Å². The molecule has 1 aliphatic carbocycles. The third kappa shape index (κ3) is 4.63. The lowest BCUT2D eigenvalue weighted by Gasteiger charge is -2.21. The smallest absolute Gasteiger partial charge is 0.408 e. The Bertz CT molecular complexity index is 1180. The van der Waals surface area contributed by atoms with Gasteiger partial charge in [-0.1, -0.05) is 55.5 Å². The first-order valence-corrected chi connectivity index (χ1v) is 11.0. The van der Waals surface area contributed by atoms with Gasteiger partial charge in [0.2, 0.25) is 5.91 Å². The first kappa shape index (κ1) is 23.0. The molecule has 2 unspecified atom stereocenters. The summed E-state index contributed by atoms with van der Waals surface area (Å²) in [4.78, 5) is 37.0. The number of fused-ring (bicyclic) bond motifs is 3. The lowest BCUT2D eigenvalue weighted by atomic mass is 9.98. The van der Waals surface area contributed by atoms with Gasteiger partial charge in [-0.2, -0.15) is 5.10 Å². The van der Waals surface area contributed by atoms with Crippen molar-refractivity contribution in [3.8, 4) is 11.1 Å². The number of carbonyl (C=O) groups excluding carboxylic acids is 2. The third-order valence-electron chi connectivity index (χ3n) is 5.95. The molecule has 0 radical (unpaired) electrons. The normalized spacial score (nSPS) is 13.9. The number of carbonyl (C=O) groups is 3. The summed E-state index contributed by atoms with van der Waals surface area (Å²) in [6, 6.07) is 13.8. The third-order valence-corrected chi connectivity index (χ3v) is 5.95. The van der Waals surface area contributed by atoms with Crippen molar-refractivity contribution in [1.29, 1.82) is 0 Å². The molecule has 1 aliphatic rings. The van der Waals surface area contributed by atoms with Crippen LogP contribution in [0.15, 0.2) is 60.9 Å². The molecule has 0 fully saturated rings. The van der Waals surface area contributed by atoms with Crippen molar-refractivity contribution >= 4 is 18.0 Å². The Morgan fingerprint density at radius 3 is 2.21 bits per heavy atom. The van der Waals surface area contributed by atoms with E-state index in [4.69, 9.17) is 4.74 Å². The van der Waals surface area contributed by atoms with Gasteiger partial charge in [-0.15, -0.1) is 0 Å². The van der Waals surface area contributed by atoms with Crippen molar-refractivity contribution in [3.63, 3.8) is 0 Å². The average Bonchev–Trinajstić information content (AvgIpc) is 3.40. The van der Waals surface area contributed by atoms with Gasteiger partial charge >= 0.3 is 12.1 Å². The van der Waals surface area contributed by atoms with Gasteiger partial charge in [0, 0.05) is 24.7 Å². The number of hydrogen-bond donors (Lipinski definition) is 3. The molecule has 2 atom stereocenters. The number of amides is 2. The largest absolute Gasteiger partial charge is 0.480 e. The van der Waals surface area contributed by atoms with E-state index in [2.05, 4.69) is 15.7 Å². The molecule has 4 rings (SSSR count). The highest BCUT2D eigenvalue weighted by atomic mass is 16.5. The van der Waals surface area contributed by atoms with Crippen LogP contribution in [-0.2, 0) is 21.4 Å². The second kappa shape index (κ2) is 9.78.